The van der Waals surface area contributed by atoms with Crippen molar-refractivity contribution in [3.63, 3.8) is 0 Å². The fourth-order valence-electron chi connectivity index (χ4n) is 2.37. The van der Waals surface area contributed by atoms with Crippen molar-refractivity contribution >= 4 is 0 Å². The molecule has 1 aliphatic rings. The second-order valence-electron chi connectivity index (χ2n) is 3.83. The summed E-state index contributed by atoms with van der Waals surface area (Å²) < 4.78 is 5.44. The Bertz CT molecular complexity index is 237. The predicted octanol–water partition coefficient (Wildman–Crippen LogP) is 2.73. The molecular weight excluding hydrogens is 162 g/mol. The molecule has 0 bridgehead atoms. The van der Waals surface area contributed by atoms with E-state index in [9.17, 15) is 0 Å². The van der Waals surface area contributed by atoms with E-state index in [1.54, 1.807) is 6.26 Å². The molecule has 0 aliphatic heterocycles. The second-order valence-corrected chi connectivity index (χ2v) is 3.83. The Morgan fingerprint density at radius 2 is 2.23 bits per heavy atom. The standard InChI is InChI=1S/C11H17NO/c1-12-11(9-5-2-3-6-9)10-7-4-8-13-10/h4,7-9,11-12H,2-3,5-6H2,1H3. The van der Waals surface area contributed by atoms with Crippen molar-refractivity contribution < 1.29 is 4.42 Å². The maximum Gasteiger partial charge on any atom is 0.120 e. The zero-order valence-electron chi connectivity index (χ0n) is 8.12. The van der Waals surface area contributed by atoms with Gasteiger partial charge in [-0.2, -0.15) is 0 Å². The van der Waals surface area contributed by atoms with E-state index < -0.39 is 0 Å². The van der Waals surface area contributed by atoms with Crippen molar-refractivity contribution in [3.8, 4) is 0 Å². The molecule has 1 aromatic heterocycles. The largest absolute Gasteiger partial charge is 0.468 e. The molecule has 0 amide bonds. The molecule has 1 N–H and O–H groups in total. The summed E-state index contributed by atoms with van der Waals surface area (Å²) >= 11 is 0. The zero-order chi connectivity index (χ0) is 9.10. The number of furan rings is 1. The summed E-state index contributed by atoms with van der Waals surface area (Å²) in [5, 5.41) is 3.35. The van der Waals surface area contributed by atoms with Crippen LogP contribution in [-0.4, -0.2) is 7.05 Å². The van der Waals surface area contributed by atoms with Gasteiger partial charge in [-0.05, 0) is 37.9 Å². The third-order valence-corrected chi connectivity index (χ3v) is 3.03. The van der Waals surface area contributed by atoms with Crippen LogP contribution in [0, 0.1) is 5.92 Å². The highest BCUT2D eigenvalue weighted by molar-refractivity contribution is 5.06. The van der Waals surface area contributed by atoms with Gasteiger partial charge in [0.2, 0.25) is 0 Å². The molecule has 0 radical (unpaired) electrons. The third-order valence-electron chi connectivity index (χ3n) is 3.03. The Labute approximate surface area is 79.3 Å². The van der Waals surface area contributed by atoms with Crippen molar-refractivity contribution in [3.05, 3.63) is 24.2 Å². The van der Waals surface area contributed by atoms with Crippen LogP contribution in [-0.2, 0) is 0 Å². The molecule has 1 unspecified atom stereocenters. The highest BCUT2D eigenvalue weighted by atomic mass is 16.3. The van der Waals surface area contributed by atoms with Gasteiger partial charge in [-0.3, -0.25) is 0 Å². The van der Waals surface area contributed by atoms with E-state index in [0.29, 0.717) is 6.04 Å². The van der Waals surface area contributed by atoms with Crippen LogP contribution in [0.5, 0.6) is 0 Å². The van der Waals surface area contributed by atoms with E-state index in [1.165, 1.54) is 25.7 Å². The summed E-state index contributed by atoms with van der Waals surface area (Å²) in [5.74, 6) is 1.87. The molecule has 1 saturated carbocycles. The van der Waals surface area contributed by atoms with Gasteiger partial charge < -0.3 is 9.73 Å². The summed E-state index contributed by atoms with van der Waals surface area (Å²) in [6, 6.07) is 4.46. The first-order valence-corrected chi connectivity index (χ1v) is 5.12. The average Bonchev–Trinajstić information content (AvgIpc) is 2.76. The lowest BCUT2D eigenvalue weighted by Crippen LogP contribution is -2.22. The minimum atomic E-state index is 0.428. The van der Waals surface area contributed by atoms with Gasteiger partial charge in [0.15, 0.2) is 0 Å². The number of rotatable bonds is 3. The van der Waals surface area contributed by atoms with Crippen LogP contribution in [0.1, 0.15) is 37.5 Å². The maximum absolute atomic E-state index is 5.44. The quantitative estimate of drug-likeness (QED) is 0.771. The van der Waals surface area contributed by atoms with Crippen LogP contribution >= 0.6 is 0 Å². The van der Waals surface area contributed by atoms with E-state index in [-0.39, 0.29) is 0 Å². The lowest BCUT2D eigenvalue weighted by molar-refractivity contribution is 0.328. The van der Waals surface area contributed by atoms with Gasteiger partial charge in [0, 0.05) is 0 Å². The van der Waals surface area contributed by atoms with Crippen LogP contribution in [0.4, 0.5) is 0 Å². The molecule has 1 aliphatic carbocycles. The van der Waals surface area contributed by atoms with Crippen LogP contribution in [0.3, 0.4) is 0 Å². The first-order valence-electron chi connectivity index (χ1n) is 5.12. The lowest BCUT2D eigenvalue weighted by atomic mass is 9.96. The SMILES string of the molecule is CNC(c1ccco1)C1CCCC1. The molecule has 1 atom stereocenters. The Morgan fingerprint density at radius 1 is 1.46 bits per heavy atom. The molecule has 2 heteroatoms. The van der Waals surface area contributed by atoms with Crippen molar-refractivity contribution in [1.29, 1.82) is 0 Å². The van der Waals surface area contributed by atoms with Crippen molar-refractivity contribution in [2.45, 2.75) is 31.7 Å². The molecule has 13 heavy (non-hydrogen) atoms. The highest BCUT2D eigenvalue weighted by Crippen LogP contribution is 2.35. The summed E-state index contributed by atoms with van der Waals surface area (Å²) in [7, 11) is 2.02. The Hall–Kier alpha value is -0.760. The topological polar surface area (TPSA) is 25.2 Å². The number of hydrogen-bond acceptors (Lipinski definition) is 2. The van der Waals surface area contributed by atoms with Gasteiger partial charge in [0.1, 0.15) is 5.76 Å². The fourth-order valence-corrected chi connectivity index (χ4v) is 2.37. The summed E-state index contributed by atoms with van der Waals surface area (Å²) in [6.45, 7) is 0. The third kappa shape index (κ3) is 1.78. The molecule has 2 nitrogen and oxygen atoms in total. The van der Waals surface area contributed by atoms with Crippen LogP contribution in [0.15, 0.2) is 22.8 Å². The Balaban J connectivity index is 2.08. The van der Waals surface area contributed by atoms with Crippen LogP contribution in [0.2, 0.25) is 0 Å². The smallest absolute Gasteiger partial charge is 0.120 e. The van der Waals surface area contributed by atoms with Gasteiger partial charge >= 0.3 is 0 Å². The van der Waals surface area contributed by atoms with E-state index in [2.05, 4.69) is 11.4 Å². The van der Waals surface area contributed by atoms with Gasteiger partial charge in [0.25, 0.3) is 0 Å². The molecule has 72 valence electrons. The average molecular weight is 179 g/mol. The van der Waals surface area contributed by atoms with Crippen LogP contribution < -0.4 is 5.32 Å². The Morgan fingerprint density at radius 3 is 2.77 bits per heavy atom. The summed E-state index contributed by atoms with van der Waals surface area (Å²) in [4.78, 5) is 0. The molecule has 1 fully saturated rings. The van der Waals surface area contributed by atoms with Crippen molar-refractivity contribution in [1.82, 2.24) is 5.32 Å². The number of nitrogens with one attached hydrogen (secondary N) is 1. The summed E-state index contributed by atoms with van der Waals surface area (Å²) in [5.41, 5.74) is 0. The van der Waals surface area contributed by atoms with E-state index in [1.807, 2.05) is 13.1 Å². The second kappa shape index (κ2) is 3.97. The fraction of sp³-hybridized carbons (Fsp3) is 0.636. The highest BCUT2D eigenvalue weighted by Gasteiger charge is 2.26. The maximum atomic E-state index is 5.44. The molecule has 1 heterocycles. The van der Waals surface area contributed by atoms with Gasteiger partial charge in [-0.15, -0.1) is 0 Å². The van der Waals surface area contributed by atoms with Crippen molar-refractivity contribution in [2.24, 2.45) is 5.92 Å². The number of hydrogen-bond donors (Lipinski definition) is 1. The van der Waals surface area contributed by atoms with E-state index in [4.69, 9.17) is 4.42 Å². The first-order chi connectivity index (χ1) is 6.42. The van der Waals surface area contributed by atoms with E-state index in [0.717, 1.165) is 11.7 Å². The molecule has 0 spiro atoms. The Kier molecular flexibility index (Phi) is 2.69. The monoisotopic (exact) mass is 179 g/mol. The van der Waals surface area contributed by atoms with Crippen LogP contribution in [0.25, 0.3) is 0 Å². The van der Waals surface area contributed by atoms with Gasteiger partial charge in [-0.25, -0.2) is 0 Å². The zero-order valence-corrected chi connectivity index (χ0v) is 8.12. The first kappa shape index (κ1) is 8.82. The minimum Gasteiger partial charge on any atom is -0.468 e. The molecular formula is C11H17NO. The van der Waals surface area contributed by atoms with E-state index >= 15 is 0 Å². The predicted molar refractivity (Wildman–Crippen MR) is 52.5 cm³/mol. The molecule has 0 aromatic carbocycles. The summed E-state index contributed by atoms with van der Waals surface area (Å²) in [6.07, 6.45) is 7.19. The molecule has 2 rings (SSSR count). The van der Waals surface area contributed by atoms with Gasteiger partial charge in [-0.1, -0.05) is 12.8 Å². The van der Waals surface area contributed by atoms with Gasteiger partial charge in [0.05, 0.1) is 12.3 Å². The molecule has 1 aromatic rings. The normalized spacial score (nSPS) is 20.7. The van der Waals surface area contributed by atoms with Crippen molar-refractivity contribution in [2.75, 3.05) is 7.05 Å². The lowest BCUT2D eigenvalue weighted by Gasteiger charge is -2.20. The molecule has 0 saturated heterocycles. The minimum absolute atomic E-state index is 0.428.